The number of anilines is 1. The summed E-state index contributed by atoms with van der Waals surface area (Å²) in [6.45, 7) is 1.96. The molecule has 0 amide bonds. The molecule has 0 heterocycles. The maximum atomic E-state index is 13.8. The van der Waals surface area contributed by atoms with Gasteiger partial charge in [-0.05, 0) is 37.3 Å². The van der Waals surface area contributed by atoms with E-state index in [4.69, 9.17) is 11.1 Å². The Balaban J connectivity index is 2.24. The van der Waals surface area contributed by atoms with Crippen LogP contribution < -0.4 is 10.6 Å². The van der Waals surface area contributed by atoms with Gasteiger partial charge in [0.1, 0.15) is 11.7 Å². The summed E-state index contributed by atoms with van der Waals surface area (Å²) in [7, 11) is 1.92. The zero-order chi connectivity index (χ0) is 14.7. The molecule has 4 heteroatoms. The third kappa shape index (κ3) is 2.79. The Morgan fingerprint density at radius 2 is 1.75 bits per heavy atom. The summed E-state index contributed by atoms with van der Waals surface area (Å²) in [6, 6.07) is 14.1. The van der Waals surface area contributed by atoms with Crippen LogP contribution in [0.5, 0.6) is 0 Å². The van der Waals surface area contributed by atoms with Crippen LogP contribution in [0, 0.1) is 11.2 Å². The standard InChI is InChI=1S/C16H18FN3/c1-11(14-5-3-4-6-15(14)17)20(2)13-9-7-12(8-10-13)16(18)19/h3-11H,1-2H3,(H3,18,19). The number of nitrogens with zero attached hydrogens (tertiary/aromatic N) is 1. The van der Waals surface area contributed by atoms with Crippen molar-refractivity contribution in [2.24, 2.45) is 5.73 Å². The smallest absolute Gasteiger partial charge is 0.128 e. The molecular formula is C16H18FN3. The predicted octanol–water partition coefficient (Wildman–Crippen LogP) is 3.31. The second-order valence-electron chi connectivity index (χ2n) is 4.77. The number of nitrogens with one attached hydrogen (secondary N) is 1. The summed E-state index contributed by atoms with van der Waals surface area (Å²) in [4.78, 5) is 1.99. The van der Waals surface area contributed by atoms with Gasteiger partial charge in [-0.25, -0.2) is 4.39 Å². The van der Waals surface area contributed by atoms with Gasteiger partial charge in [0, 0.05) is 23.9 Å². The van der Waals surface area contributed by atoms with Gasteiger partial charge in [0.2, 0.25) is 0 Å². The molecule has 2 aromatic rings. The van der Waals surface area contributed by atoms with Gasteiger partial charge in [-0.2, -0.15) is 0 Å². The van der Waals surface area contributed by atoms with Crippen molar-refractivity contribution in [3.05, 3.63) is 65.5 Å². The van der Waals surface area contributed by atoms with E-state index in [9.17, 15) is 4.39 Å². The second kappa shape index (κ2) is 5.74. The van der Waals surface area contributed by atoms with Gasteiger partial charge in [-0.3, -0.25) is 5.41 Å². The number of benzene rings is 2. The van der Waals surface area contributed by atoms with Crippen LogP contribution in [0.15, 0.2) is 48.5 Å². The monoisotopic (exact) mass is 271 g/mol. The Bertz CT molecular complexity index is 607. The summed E-state index contributed by atoms with van der Waals surface area (Å²) >= 11 is 0. The topological polar surface area (TPSA) is 53.1 Å². The van der Waals surface area contributed by atoms with Gasteiger partial charge in [-0.1, -0.05) is 18.2 Å². The molecule has 0 aliphatic heterocycles. The Hall–Kier alpha value is -2.36. The SMILES string of the molecule is CC(c1ccccc1F)N(C)c1ccc(C(=N)N)cc1. The summed E-state index contributed by atoms with van der Waals surface area (Å²) < 4.78 is 13.8. The molecule has 0 radical (unpaired) electrons. The number of halogens is 1. The van der Waals surface area contributed by atoms with E-state index in [-0.39, 0.29) is 17.7 Å². The van der Waals surface area contributed by atoms with Crippen LogP contribution in [0.4, 0.5) is 10.1 Å². The van der Waals surface area contributed by atoms with Crippen LogP contribution in [0.2, 0.25) is 0 Å². The minimum Gasteiger partial charge on any atom is -0.384 e. The highest BCUT2D eigenvalue weighted by Crippen LogP contribution is 2.26. The van der Waals surface area contributed by atoms with Gasteiger partial charge in [0.15, 0.2) is 0 Å². The zero-order valence-corrected chi connectivity index (χ0v) is 11.6. The normalized spacial score (nSPS) is 11.9. The number of nitrogens with two attached hydrogens (primary N) is 1. The first-order chi connectivity index (χ1) is 9.50. The van der Waals surface area contributed by atoms with E-state index < -0.39 is 0 Å². The highest BCUT2D eigenvalue weighted by atomic mass is 19.1. The number of amidine groups is 1. The lowest BCUT2D eigenvalue weighted by Gasteiger charge is -2.27. The minimum absolute atomic E-state index is 0.0429. The Morgan fingerprint density at radius 1 is 1.15 bits per heavy atom. The predicted molar refractivity (Wildman–Crippen MR) is 80.7 cm³/mol. The van der Waals surface area contributed by atoms with Crippen molar-refractivity contribution in [3.63, 3.8) is 0 Å². The van der Waals surface area contributed by atoms with E-state index >= 15 is 0 Å². The van der Waals surface area contributed by atoms with Crippen molar-refractivity contribution >= 4 is 11.5 Å². The maximum Gasteiger partial charge on any atom is 0.128 e. The molecule has 2 rings (SSSR count). The first kappa shape index (κ1) is 14.1. The molecule has 3 nitrogen and oxygen atoms in total. The van der Waals surface area contributed by atoms with Gasteiger partial charge >= 0.3 is 0 Å². The van der Waals surface area contributed by atoms with Crippen LogP contribution >= 0.6 is 0 Å². The average molecular weight is 271 g/mol. The van der Waals surface area contributed by atoms with Gasteiger partial charge < -0.3 is 10.6 Å². The third-order valence-electron chi connectivity index (χ3n) is 3.52. The molecule has 3 N–H and O–H groups in total. The molecule has 0 saturated heterocycles. The van der Waals surface area contributed by atoms with Crippen LogP contribution in [0.25, 0.3) is 0 Å². The first-order valence-electron chi connectivity index (χ1n) is 6.42. The van der Waals surface area contributed by atoms with Crippen molar-refractivity contribution in [1.29, 1.82) is 5.41 Å². The van der Waals surface area contributed by atoms with Gasteiger partial charge in [0.05, 0.1) is 6.04 Å². The average Bonchev–Trinajstić information content (AvgIpc) is 2.46. The van der Waals surface area contributed by atoms with E-state index in [0.29, 0.717) is 11.1 Å². The van der Waals surface area contributed by atoms with E-state index in [1.54, 1.807) is 24.3 Å². The molecular weight excluding hydrogens is 253 g/mol. The third-order valence-corrected chi connectivity index (χ3v) is 3.52. The number of rotatable bonds is 4. The quantitative estimate of drug-likeness (QED) is 0.662. The molecule has 20 heavy (non-hydrogen) atoms. The maximum absolute atomic E-state index is 13.8. The molecule has 0 aliphatic rings. The van der Waals surface area contributed by atoms with Crippen molar-refractivity contribution in [1.82, 2.24) is 0 Å². The van der Waals surface area contributed by atoms with Crippen LogP contribution in [-0.4, -0.2) is 12.9 Å². The Labute approximate surface area is 118 Å². The second-order valence-corrected chi connectivity index (χ2v) is 4.77. The van der Waals surface area contributed by atoms with Crippen molar-refractivity contribution in [3.8, 4) is 0 Å². The number of hydrogen-bond donors (Lipinski definition) is 2. The molecule has 0 aromatic heterocycles. The molecule has 1 atom stereocenters. The minimum atomic E-state index is -0.202. The van der Waals surface area contributed by atoms with Gasteiger partial charge in [0.25, 0.3) is 0 Å². The fourth-order valence-electron chi connectivity index (χ4n) is 2.12. The van der Waals surface area contributed by atoms with E-state index in [2.05, 4.69) is 0 Å². The van der Waals surface area contributed by atoms with Crippen LogP contribution in [0.3, 0.4) is 0 Å². The lowest BCUT2D eigenvalue weighted by Crippen LogP contribution is -2.22. The van der Waals surface area contributed by atoms with Gasteiger partial charge in [-0.15, -0.1) is 0 Å². The molecule has 0 saturated carbocycles. The Kier molecular flexibility index (Phi) is 4.03. The zero-order valence-electron chi connectivity index (χ0n) is 11.6. The molecule has 0 spiro atoms. The highest BCUT2D eigenvalue weighted by Gasteiger charge is 2.15. The molecule has 104 valence electrons. The van der Waals surface area contributed by atoms with E-state index in [1.165, 1.54) is 6.07 Å². The lowest BCUT2D eigenvalue weighted by atomic mass is 10.1. The molecule has 0 aliphatic carbocycles. The summed E-state index contributed by atoms with van der Waals surface area (Å²) in [5, 5.41) is 7.37. The first-order valence-corrected chi connectivity index (χ1v) is 6.42. The van der Waals surface area contributed by atoms with E-state index in [1.807, 2.05) is 37.1 Å². The fraction of sp³-hybridized carbons (Fsp3) is 0.188. The summed E-state index contributed by atoms with van der Waals surface area (Å²) in [5.41, 5.74) is 7.72. The highest BCUT2D eigenvalue weighted by molar-refractivity contribution is 5.95. The molecule has 1 unspecified atom stereocenters. The summed E-state index contributed by atoms with van der Waals surface area (Å²) in [5.74, 6) is -0.159. The lowest BCUT2D eigenvalue weighted by molar-refractivity contribution is 0.585. The molecule has 0 fully saturated rings. The fourth-order valence-corrected chi connectivity index (χ4v) is 2.12. The van der Waals surface area contributed by atoms with Crippen LogP contribution in [0.1, 0.15) is 24.1 Å². The van der Waals surface area contributed by atoms with Crippen LogP contribution in [-0.2, 0) is 0 Å². The summed E-state index contributed by atoms with van der Waals surface area (Å²) in [6.07, 6.45) is 0. The number of nitrogen functional groups attached to an aromatic ring is 1. The Morgan fingerprint density at radius 3 is 2.30 bits per heavy atom. The largest absolute Gasteiger partial charge is 0.384 e. The van der Waals surface area contributed by atoms with E-state index in [0.717, 1.165) is 5.69 Å². The van der Waals surface area contributed by atoms with Crippen molar-refractivity contribution in [2.75, 3.05) is 11.9 Å². The molecule has 2 aromatic carbocycles. The van der Waals surface area contributed by atoms with Crippen molar-refractivity contribution in [2.45, 2.75) is 13.0 Å². The van der Waals surface area contributed by atoms with Crippen molar-refractivity contribution < 1.29 is 4.39 Å². The number of hydrogen-bond acceptors (Lipinski definition) is 2. The molecule has 0 bridgehead atoms.